The van der Waals surface area contributed by atoms with E-state index in [2.05, 4.69) is 30.1 Å². The summed E-state index contributed by atoms with van der Waals surface area (Å²) in [7, 11) is 0. The topological polar surface area (TPSA) is 33.2 Å². The summed E-state index contributed by atoms with van der Waals surface area (Å²) in [6, 6.07) is 10.3. The van der Waals surface area contributed by atoms with Crippen LogP contribution in [0.2, 0.25) is 0 Å². The summed E-state index contributed by atoms with van der Waals surface area (Å²) in [5, 5.41) is 1.14. The van der Waals surface area contributed by atoms with Crippen molar-refractivity contribution in [1.29, 1.82) is 0 Å². The van der Waals surface area contributed by atoms with E-state index in [4.69, 9.17) is 0 Å². The summed E-state index contributed by atoms with van der Waals surface area (Å²) in [6.07, 6.45) is 3.94. The molecular weight excluding hydrogens is 248 g/mol. The second-order valence-electron chi connectivity index (χ2n) is 5.62. The Morgan fingerprint density at radius 2 is 1.95 bits per heavy atom. The van der Waals surface area contributed by atoms with E-state index in [1.165, 1.54) is 12.0 Å². The van der Waals surface area contributed by atoms with Gasteiger partial charge in [-0.25, -0.2) is 0 Å². The van der Waals surface area contributed by atoms with Crippen LogP contribution >= 0.6 is 0 Å². The van der Waals surface area contributed by atoms with Gasteiger partial charge in [-0.1, -0.05) is 17.7 Å². The maximum atomic E-state index is 12.2. The Hall–Kier alpha value is -1.90. The van der Waals surface area contributed by atoms with Gasteiger partial charge >= 0.3 is 0 Å². The van der Waals surface area contributed by atoms with E-state index in [9.17, 15) is 4.79 Å². The van der Waals surface area contributed by atoms with Crippen LogP contribution in [-0.2, 0) is 11.2 Å². The van der Waals surface area contributed by atoms with Crippen LogP contribution < -0.4 is 0 Å². The molecule has 3 rings (SSSR count). The summed E-state index contributed by atoms with van der Waals surface area (Å²) in [5.41, 5.74) is 3.08. The highest BCUT2D eigenvalue weighted by Crippen LogP contribution is 2.16. The first-order valence-corrected chi connectivity index (χ1v) is 7.36. The third-order valence-corrected chi connectivity index (χ3v) is 3.94. The minimum atomic E-state index is 0.212. The summed E-state index contributed by atoms with van der Waals surface area (Å²) < 4.78 is 0. The van der Waals surface area contributed by atoms with Crippen LogP contribution in [0.25, 0.3) is 10.9 Å². The molecule has 0 unspecified atom stereocenters. The summed E-state index contributed by atoms with van der Waals surface area (Å²) in [5.74, 6) is 0.212. The van der Waals surface area contributed by atoms with Gasteiger partial charge in [0, 0.05) is 18.5 Å². The van der Waals surface area contributed by atoms with Crippen molar-refractivity contribution in [1.82, 2.24) is 9.88 Å². The number of hydrogen-bond donors (Lipinski definition) is 0. The molecule has 1 aliphatic heterocycles. The standard InChI is InChI=1S/C17H20N2O/c1-13-5-8-16-14(11-13)6-7-15(18-16)12-17(20)19-9-3-2-4-10-19/h5-8,11H,2-4,9-10,12H2,1H3. The quantitative estimate of drug-likeness (QED) is 0.838. The number of amides is 1. The molecule has 1 aliphatic rings. The molecule has 20 heavy (non-hydrogen) atoms. The van der Waals surface area contributed by atoms with Crippen molar-refractivity contribution in [3.8, 4) is 0 Å². The van der Waals surface area contributed by atoms with E-state index in [-0.39, 0.29) is 5.91 Å². The van der Waals surface area contributed by atoms with E-state index >= 15 is 0 Å². The highest BCUT2D eigenvalue weighted by molar-refractivity contribution is 5.82. The zero-order valence-corrected chi connectivity index (χ0v) is 11.9. The maximum Gasteiger partial charge on any atom is 0.228 e. The normalized spacial score (nSPS) is 15.6. The van der Waals surface area contributed by atoms with Crippen LogP contribution in [-0.4, -0.2) is 28.9 Å². The first kappa shape index (κ1) is 13.1. The van der Waals surface area contributed by atoms with Crippen LogP contribution in [0.1, 0.15) is 30.5 Å². The molecule has 0 radical (unpaired) electrons. The Morgan fingerprint density at radius 3 is 2.75 bits per heavy atom. The van der Waals surface area contributed by atoms with Crippen molar-refractivity contribution in [2.75, 3.05) is 13.1 Å². The molecule has 1 aromatic carbocycles. The van der Waals surface area contributed by atoms with E-state index in [0.29, 0.717) is 6.42 Å². The van der Waals surface area contributed by atoms with Gasteiger partial charge < -0.3 is 4.90 Å². The van der Waals surface area contributed by atoms with E-state index in [0.717, 1.165) is 42.5 Å². The molecule has 0 N–H and O–H groups in total. The van der Waals surface area contributed by atoms with Crippen molar-refractivity contribution >= 4 is 16.8 Å². The van der Waals surface area contributed by atoms with Crippen molar-refractivity contribution in [3.63, 3.8) is 0 Å². The number of carbonyl (C=O) groups is 1. The number of aryl methyl sites for hydroxylation is 1. The first-order valence-electron chi connectivity index (χ1n) is 7.36. The van der Waals surface area contributed by atoms with Crippen molar-refractivity contribution in [2.45, 2.75) is 32.6 Å². The fourth-order valence-electron chi connectivity index (χ4n) is 2.80. The molecule has 0 spiro atoms. The third kappa shape index (κ3) is 2.82. The van der Waals surface area contributed by atoms with Gasteiger partial charge in [0.15, 0.2) is 0 Å². The third-order valence-electron chi connectivity index (χ3n) is 3.94. The minimum absolute atomic E-state index is 0.212. The number of hydrogen-bond acceptors (Lipinski definition) is 2. The number of likely N-dealkylation sites (tertiary alicyclic amines) is 1. The van der Waals surface area contributed by atoms with E-state index in [1.54, 1.807) is 0 Å². The Labute approximate surface area is 119 Å². The van der Waals surface area contributed by atoms with Gasteiger partial charge in [0.25, 0.3) is 0 Å². The second kappa shape index (κ2) is 5.61. The largest absolute Gasteiger partial charge is 0.342 e. The molecule has 1 fully saturated rings. The lowest BCUT2D eigenvalue weighted by Crippen LogP contribution is -2.36. The zero-order valence-electron chi connectivity index (χ0n) is 11.9. The number of rotatable bonds is 2. The molecular formula is C17H20N2O. The van der Waals surface area contributed by atoms with Crippen LogP contribution in [0.15, 0.2) is 30.3 Å². The van der Waals surface area contributed by atoms with Gasteiger partial charge in [-0.3, -0.25) is 9.78 Å². The Balaban J connectivity index is 1.76. The summed E-state index contributed by atoms with van der Waals surface area (Å²) in [4.78, 5) is 18.8. The molecule has 0 bridgehead atoms. The molecule has 0 saturated carbocycles. The van der Waals surface area contributed by atoms with Crippen LogP contribution in [0.3, 0.4) is 0 Å². The van der Waals surface area contributed by atoms with E-state index < -0.39 is 0 Å². The van der Waals surface area contributed by atoms with Gasteiger partial charge in [-0.15, -0.1) is 0 Å². The average molecular weight is 268 g/mol. The van der Waals surface area contributed by atoms with Gasteiger partial charge in [0.1, 0.15) is 0 Å². The molecule has 3 heteroatoms. The number of nitrogens with zero attached hydrogens (tertiary/aromatic N) is 2. The number of pyridine rings is 1. The number of piperidine rings is 1. The van der Waals surface area contributed by atoms with Crippen molar-refractivity contribution in [2.24, 2.45) is 0 Å². The summed E-state index contributed by atoms with van der Waals surface area (Å²) in [6.45, 7) is 3.89. The predicted octanol–water partition coefficient (Wildman–Crippen LogP) is 3.10. The molecule has 2 heterocycles. The number of aromatic nitrogens is 1. The fourth-order valence-corrected chi connectivity index (χ4v) is 2.80. The van der Waals surface area contributed by atoms with E-state index in [1.807, 2.05) is 17.0 Å². The molecule has 1 amide bonds. The predicted molar refractivity (Wildman–Crippen MR) is 80.6 cm³/mol. The smallest absolute Gasteiger partial charge is 0.228 e. The molecule has 2 aromatic rings. The highest BCUT2D eigenvalue weighted by Gasteiger charge is 2.17. The van der Waals surface area contributed by atoms with Crippen molar-refractivity contribution in [3.05, 3.63) is 41.6 Å². The monoisotopic (exact) mass is 268 g/mol. The molecule has 0 aliphatic carbocycles. The molecule has 0 atom stereocenters. The number of carbonyl (C=O) groups excluding carboxylic acids is 1. The number of benzene rings is 1. The lowest BCUT2D eigenvalue weighted by atomic mass is 10.1. The molecule has 3 nitrogen and oxygen atoms in total. The number of fused-ring (bicyclic) bond motifs is 1. The minimum Gasteiger partial charge on any atom is -0.342 e. The zero-order chi connectivity index (χ0) is 13.9. The Bertz CT molecular complexity index is 630. The SMILES string of the molecule is Cc1ccc2nc(CC(=O)N3CCCCC3)ccc2c1. The summed E-state index contributed by atoms with van der Waals surface area (Å²) >= 11 is 0. The Kier molecular flexibility index (Phi) is 3.68. The lowest BCUT2D eigenvalue weighted by molar-refractivity contribution is -0.131. The van der Waals surface area contributed by atoms with Gasteiger partial charge in [0.05, 0.1) is 17.6 Å². The molecule has 104 valence electrons. The van der Waals surface area contributed by atoms with Crippen molar-refractivity contribution < 1.29 is 4.79 Å². The van der Waals surface area contributed by atoms with Crippen LogP contribution in [0, 0.1) is 6.92 Å². The lowest BCUT2D eigenvalue weighted by Gasteiger charge is -2.26. The second-order valence-corrected chi connectivity index (χ2v) is 5.62. The molecule has 1 aromatic heterocycles. The van der Waals surface area contributed by atoms with Crippen LogP contribution in [0.4, 0.5) is 0 Å². The van der Waals surface area contributed by atoms with Gasteiger partial charge in [-0.2, -0.15) is 0 Å². The molecule has 1 saturated heterocycles. The van der Waals surface area contributed by atoms with Gasteiger partial charge in [0.2, 0.25) is 5.91 Å². The van der Waals surface area contributed by atoms with Crippen LogP contribution in [0.5, 0.6) is 0 Å². The fraction of sp³-hybridized carbons (Fsp3) is 0.412. The first-order chi connectivity index (χ1) is 9.72. The van der Waals surface area contributed by atoms with Gasteiger partial charge in [-0.05, 0) is 44.4 Å². The average Bonchev–Trinajstić information content (AvgIpc) is 2.48. The Morgan fingerprint density at radius 1 is 1.15 bits per heavy atom. The maximum absolute atomic E-state index is 12.2. The highest BCUT2D eigenvalue weighted by atomic mass is 16.2.